The third-order valence-corrected chi connectivity index (χ3v) is 3.04. The summed E-state index contributed by atoms with van der Waals surface area (Å²) in [6.07, 6.45) is 0. The Labute approximate surface area is 116 Å². The number of primary amides is 1. The zero-order valence-corrected chi connectivity index (χ0v) is 11.5. The average molecular weight is 282 g/mol. The number of hydrogen-bond acceptors (Lipinski definition) is 3. The van der Waals surface area contributed by atoms with Gasteiger partial charge >= 0.3 is 0 Å². The number of alkyl halides is 1. The van der Waals surface area contributed by atoms with Gasteiger partial charge in [0.1, 0.15) is 12.4 Å². The second-order valence-corrected chi connectivity index (χ2v) is 4.59. The molecule has 19 heavy (non-hydrogen) atoms. The lowest BCUT2D eigenvalue weighted by molar-refractivity contribution is -0.122. The molecule has 2 aromatic rings. The van der Waals surface area contributed by atoms with Crippen molar-refractivity contribution in [2.24, 2.45) is 5.73 Å². The van der Waals surface area contributed by atoms with Crippen LogP contribution < -0.4 is 5.73 Å². The highest BCUT2D eigenvalue weighted by atomic mass is 35.5. The topological polar surface area (TPSA) is 70.1 Å². The van der Waals surface area contributed by atoms with E-state index in [9.17, 15) is 4.79 Å². The number of amides is 1. The molecule has 0 radical (unpaired) electrons. The van der Waals surface area contributed by atoms with Crippen LogP contribution in [-0.2, 0) is 22.0 Å². The van der Waals surface area contributed by atoms with Crippen LogP contribution in [0.2, 0.25) is 0 Å². The van der Waals surface area contributed by atoms with Crippen LogP contribution in [0.25, 0.3) is 11.0 Å². The van der Waals surface area contributed by atoms with Crippen LogP contribution in [0.4, 0.5) is 0 Å². The molecule has 0 fully saturated rings. The quantitative estimate of drug-likeness (QED) is 0.646. The zero-order chi connectivity index (χ0) is 13.8. The molecular formula is C13H16ClN3O2. The summed E-state index contributed by atoms with van der Waals surface area (Å²) < 4.78 is 7.18. The van der Waals surface area contributed by atoms with Gasteiger partial charge in [-0.15, -0.1) is 11.6 Å². The predicted octanol–water partition coefficient (Wildman–Crippen LogP) is 1.59. The molecule has 0 saturated carbocycles. The summed E-state index contributed by atoms with van der Waals surface area (Å²) in [6, 6.07) is 6.07. The van der Waals surface area contributed by atoms with Gasteiger partial charge in [-0.1, -0.05) is 6.07 Å². The van der Waals surface area contributed by atoms with Crippen molar-refractivity contribution in [2.75, 3.05) is 13.2 Å². The molecule has 102 valence electrons. The fourth-order valence-corrected chi connectivity index (χ4v) is 2.17. The Hall–Kier alpha value is -1.59. The standard InChI is InChI=1S/C13H16ClN3O2/c1-9-2-3-11-10(6-9)16-13(7-14)17(11)4-5-19-8-12(15)18/h2-3,6H,4-5,7-8H2,1H3,(H2,15,18). The van der Waals surface area contributed by atoms with E-state index < -0.39 is 5.91 Å². The van der Waals surface area contributed by atoms with Gasteiger partial charge in [0.05, 0.1) is 23.5 Å². The van der Waals surface area contributed by atoms with Crippen molar-refractivity contribution in [3.8, 4) is 0 Å². The van der Waals surface area contributed by atoms with E-state index in [-0.39, 0.29) is 6.61 Å². The van der Waals surface area contributed by atoms with Crippen LogP contribution >= 0.6 is 11.6 Å². The largest absolute Gasteiger partial charge is 0.370 e. The molecule has 5 nitrogen and oxygen atoms in total. The zero-order valence-electron chi connectivity index (χ0n) is 10.7. The SMILES string of the molecule is Cc1ccc2c(c1)nc(CCl)n2CCOCC(N)=O. The number of benzene rings is 1. The average Bonchev–Trinajstić information content (AvgIpc) is 2.71. The van der Waals surface area contributed by atoms with E-state index in [1.807, 2.05) is 29.7 Å². The number of aryl methyl sites for hydroxylation is 1. The number of hydrogen-bond donors (Lipinski definition) is 1. The number of nitrogens with two attached hydrogens (primary N) is 1. The molecule has 0 unspecified atom stereocenters. The second kappa shape index (κ2) is 6.04. The molecule has 0 bridgehead atoms. The van der Waals surface area contributed by atoms with Crippen molar-refractivity contribution < 1.29 is 9.53 Å². The fourth-order valence-electron chi connectivity index (χ4n) is 1.97. The van der Waals surface area contributed by atoms with E-state index in [1.54, 1.807) is 0 Å². The Bertz CT molecular complexity index is 595. The van der Waals surface area contributed by atoms with E-state index in [4.69, 9.17) is 22.1 Å². The second-order valence-electron chi connectivity index (χ2n) is 4.32. The van der Waals surface area contributed by atoms with Gasteiger partial charge < -0.3 is 15.0 Å². The first-order valence-electron chi connectivity index (χ1n) is 5.99. The maximum atomic E-state index is 10.6. The van der Waals surface area contributed by atoms with Crippen molar-refractivity contribution in [3.05, 3.63) is 29.6 Å². The number of carbonyl (C=O) groups is 1. The molecule has 0 aliphatic carbocycles. The van der Waals surface area contributed by atoms with Gasteiger partial charge in [-0.25, -0.2) is 4.98 Å². The summed E-state index contributed by atoms with van der Waals surface area (Å²) in [6.45, 7) is 2.94. The van der Waals surface area contributed by atoms with Crippen LogP contribution in [0.1, 0.15) is 11.4 Å². The fraction of sp³-hybridized carbons (Fsp3) is 0.385. The van der Waals surface area contributed by atoms with Gasteiger partial charge in [0.2, 0.25) is 5.91 Å². The minimum atomic E-state index is -0.469. The Morgan fingerprint density at radius 1 is 1.53 bits per heavy atom. The maximum Gasteiger partial charge on any atom is 0.243 e. The third-order valence-electron chi connectivity index (χ3n) is 2.81. The summed E-state index contributed by atoms with van der Waals surface area (Å²) in [5.41, 5.74) is 8.11. The van der Waals surface area contributed by atoms with Gasteiger partial charge in [0, 0.05) is 6.54 Å². The summed E-state index contributed by atoms with van der Waals surface area (Å²) in [5.74, 6) is 0.664. The van der Waals surface area contributed by atoms with Gasteiger partial charge in [0.25, 0.3) is 0 Å². The lowest BCUT2D eigenvalue weighted by Gasteiger charge is -2.07. The van der Waals surface area contributed by atoms with E-state index in [2.05, 4.69) is 4.98 Å². The molecule has 0 aliphatic rings. The monoisotopic (exact) mass is 281 g/mol. The molecule has 0 spiro atoms. The smallest absolute Gasteiger partial charge is 0.243 e. The highest BCUT2D eigenvalue weighted by molar-refractivity contribution is 6.16. The number of halogens is 1. The Morgan fingerprint density at radius 3 is 3.00 bits per heavy atom. The van der Waals surface area contributed by atoms with Crippen LogP contribution in [-0.4, -0.2) is 28.7 Å². The van der Waals surface area contributed by atoms with E-state index >= 15 is 0 Å². The number of carbonyl (C=O) groups excluding carboxylic acids is 1. The lowest BCUT2D eigenvalue weighted by atomic mass is 10.2. The highest BCUT2D eigenvalue weighted by Gasteiger charge is 2.09. The molecule has 2 N–H and O–H groups in total. The van der Waals surface area contributed by atoms with Crippen LogP contribution in [0.5, 0.6) is 0 Å². The molecule has 1 heterocycles. The number of rotatable bonds is 6. The first kappa shape index (κ1) is 13.8. The molecular weight excluding hydrogens is 266 g/mol. The van der Waals surface area contributed by atoms with Crippen LogP contribution in [0, 0.1) is 6.92 Å². The Kier molecular flexibility index (Phi) is 4.39. The Morgan fingerprint density at radius 2 is 2.32 bits per heavy atom. The van der Waals surface area contributed by atoms with Crippen molar-refractivity contribution in [1.82, 2.24) is 9.55 Å². The van der Waals surface area contributed by atoms with Gasteiger partial charge in [-0.2, -0.15) is 0 Å². The van der Waals surface area contributed by atoms with E-state index in [0.29, 0.717) is 19.0 Å². The molecule has 6 heteroatoms. The molecule has 0 aliphatic heterocycles. The maximum absolute atomic E-state index is 10.6. The number of nitrogens with zero attached hydrogens (tertiary/aromatic N) is 2. The summed E-state index contributed by atoms with van der Waals surface area (Å²) in [4.78, 5) is 15.1. The lowest BCUT2D eigenvalue weighted by Crippen LogP contribution is -2.20. The summed E-state index contributed by atoms with van der Waals surface area (Å²) >= 11 is 5.91. The number of aromatic nitrogens is 2. The van der Waals surface area contributed by atoms with Crippen molar-refractivity contribution in [2.45, 2.75) is 19.3 Å². The van der Waals surface area contributed by atoms with Gasteiger partial charge in [-0.05, 0) is 24.6 Å². The Balaban J connectivity index is 2.18. The first-order valence-corrected chi connectivity index (χ1v) is 6.53. The molecule has 1 aromatic heterocycles. The van der Waals surface area contributed by atoms with Crippen molar-refractivity contribution in [1.29, 1.82) is 0 Å². The number of fused-ring (bicyclic) bond motifs is 1. The number of imidazole rings is 1. The van der Waals surface area contributed by atoms with E-state index in [0.717, 1.165) is 22.4 Å². The molecule has 0 atom stereocenters. The minimum absolute atomic E-state index is 0.0675. The minimum Gasteiger partial charge on any atom is -0.370 e. The normalized spacial score (nSPS) is 11.1. The summed E-state index contributed by atoms with van der Waals surface area (Å²) in [5, 5.41) is 0. The molecule has 2 rings (SSSR count). The molecule has 0 saturated heterocycles. The molecule has 1 amide bonds. The van der Waals surface area contributed by atoms with Crippen molar-refractivity contribution >= 4 is 28.5 Å². The first-order chi connectivity index (χ1) is 9.11. The van der Waals surface area contributed by atoms with Crippen LogP contribution in [0.3, 0.4) is 0 Å². The predicted molar refractivity (Wildman–Crippen MR) is 74.0 cm³/mol. The third kappa shape index (κ3) is 3.24. The van der Waals surface area contributed by atoms with Gasteiger partial charge in [0.15, 0.2) is 0 Å². The van der Waals surface area contributed by atoms with E-state index in [1.165, 1.54) is 0 Å². The van der Waals surface area contributed by atoms with Crippen LogP contribution in [0.15, 0.2) is 18.2 Å². The highest BCUT2D eigenvalue weighted by Crippen LogP contribution is 2.18. The summed E-state index contributed by atoms with van der Waals surface area (Å²) in [7, 11) is 0. The van der Waals surface area contributed by atoms with Crippen molar-refractivity contribution in [3.63, 3.8) is 0 Å². The molecule has 1 aromatic carbocycles. The van der Waals surface area contributed by atoms with Gasteiger partial charge in [-0.3, -0.25) is 4.79 Å². The number of ether oxygens (including phenoxy) is 1.